The first-order valence-corrected chi connectivity index (χ1v) is 7.02. The smallest absolute Gasteiger partial charge is 0.418 e. The first-order chi connectivity index (χ1) is 10.9. The lowest BCUT2D eigenvalue weighted by molar-refractivity contribution is -0.136. The summed E-state index contributed by atoms with van der Waals surface area (Å²) in [6.07, 6.45) is -3.03. The first-order valence-electron chi connectivity index (χ1n) is 7.02. The van der Waals surface area contributed by atoms with Gasteiger partial charge in [0.15, 0.2) is 0 Å². The highest BCUT2D eigenvalue weighted by atomic mass is 19.4. The number of benzene rings is 2. The van der Waals surface area contributed by atoms with E-state index in [2.05, 4.69) is 4.98 Å². The quantitative estimate of drug-likeness (QED) is 0.645. The summed E-state index contributed by atoms with van der Waals surface area (Å²) >= 11 is 0. The van der Waals surface area contributed by atoms with E-state index in [0.717, 1.165) is 17.2 Å². The van der Waals surface area contributed by atoms with Gasteiger partial charge in [-0.15, -0.1) is 0 Å². The Morgan fingerprint density at radius 3 is 2.48 bits per heavy atom. The van der Waals surface area contributed by atoms with Crippen molar-refractivity contribution >= 4 is 10.9 Å². The lowest BCUT2D eigenvalue weighted by Gasteiger charge is -2.14. The number of aryl methyl sites for hydroxylation is 1. The van der Waals surface area contributed by atoms with Crippen molar-refractivity contribution in [3.63, 3.8) is 0 Å². The lowest BCUT2D eigenvalue weighted by Crippen LogP contribution is -2.06. The van der Waals surface area contributed by atoms with Crippen LogP contribution >= 0.6 is 0 Å². The normalized spacial score (nSPS) is 11.7. The highest BCUT2D eigenvalue weighted by Gasteiger charge is 2.33. The fourth-order valence-electron chi connectivity index (χ4n) is 2.66. The van der Waals surface area contributed by atoms with E-state index in [0.29, 0.717) is 16.7 Å². The zero-order valence-electron chi connectivity index (χ0n) is 12.6. The van der Waals surface area contributed by atoms with Gasteiger partial charge in [0.25, 0.3) is 0 Å². The third-order valence-electron chi connectivity index (χ3n) is 3.81. The molecule has 118 valence electrons. The molecule has 0 bridgehead atoms. The van der Waals surface area contributed by atoms with Crippen molar-refractivity contribution in [2.75, 3.05) is 7.11 Å². The van der Waals surface area contributed by atoms with E-state index in [1.54, 1.807) is 19.2 Å². The molecular weight excluding hydrogens is 303 g/mol. The molecular formula is C18H14F3NO. The molecule has 0 spiro atoms. The summed E-state index contributed by atoms with van der Waals surface area (Å²) in [5, 5.41) is 0.471. The number of fused-ring (bicyclic) bond motifs is 1. The van der Waals surface area contributed by atoms with Gasteiger partial charge in [0, 0.05) is 11.6 Å². The molecule has 0 radical (unpaired) electrons. The van der Waals surface area contributed by atoms with Crippen LogP contribution in [0.1, 0.15) is 11.1 Å². The summed E-state index contributed by atoms with van der Waals surface area (Å²) in [5.41, 5.74) is 1.72. The Labute approximate surface area is 131 Å². The van der Waals surface area contributed by atoms with Crippen LogP contribution < -0.4 is 4.74 Å². The molecule has 0 unspecified atom stereocenters. The Balaban J connectivity index is 2.32. The molecule has 5 heteroatoms. The van der Waals surface area contributed by atoms with Crippen molar-refractivity contribution < 1.29 is 17.9 Å². The summed E-state index contributed by atoms with van der Waals surface area (Å²) in [6, 6.07) is 11.4. The third-order valence-corrected chi connectivity index (χ3v) is 3.81. The van der Waals surface area contributed by atoms with Gasteiger partial charge in [0.2, 0.25) is 0 Å². The Morgan fingerprint density at radius 1 is 1.00 bits per heavy atom. The molecule has 3 aromatic rings. The maximum absolute atomic E-state index is 13.2. The Morgan fingerprint density at radius 2 is 1.78 bits per heavy atom. The van der Waals surface area contributed by atoms with Crippen LogP contribution in [-0.4, -0.2) is 12.1 Å². The number of hydrogen-bond donors (Lipinski definition) is 0. The summed E-state index contributed by atoms with van der Waals surface area (Å²) in [5.74, 6) is 0.655. The number of nitrogens with zero attached hydrogens (tertiary/aromatic N) is 1. The first kappa shape index (κ1) is 15.3. The van der Waals surface area contributed by atoms with Crippen LogP contribution in [0.15, 0.2) is 48.7 Å². The number of para-hydroxylation sites is 1. The molecule has 3 rings (SSSR count). The molecule has 23 heavy (non-hydrogen) atoms. The van der Waals surface area contributed by atoms with Crippen LogP contribution in [0.4, 0.5) is 13.2 Å². The minimum atomic E-state index is -4.44. The molecule has 0 N–H and O–H groups in total. The maximum Gasteiger partial charge on any atom is 0.418 e. The van der Waals surface area contributed by atoms with Crippen molar-refractivity contribution in [1.82, 2.24) is 4.98 Å². The SMILES string of the molecule is COc1ccc(C)c(-c2ccnc3c(C(F)(F)F)cccc23)c1. The van der Waals surface area contributed by atoms with Crippen LogP contribution in [0.3, 0.4) is 0 Å². The Bertz CT molecular complexity index is 872. The largest absolute Gasteiger partial charge is 0.497 e. The zero-order valence-corrected chi connectivity index (χ0v) is 12.6. The molecule has 0 fully saturated rings. The number of alkyl halides is 3. The fourth-order valence-corrected chi connectivity index (χ4v) is 2.66. The molecule has 0 saturated carbocycles. The number of halogens is 3. The second-order valence-electron chi connectivity index (χ2n) is 5.24. The van der Waals surface area contributed by atoms with E-state index in [1.807, 2.05) is 25.1 Å². The van der Waals surface area contributed by atoms with Crippen LogP contribution in [0.2, 0.25) is 0 Å². The van der Waals surface area contributed by atoms with Crippen molar-refractivity contribution in [2.45, 2.75) is 13.1 Å². The van der Waals surface area contributed by atoms with Gasteiger partial charge in [-0.2, -0.15) is 13.2 Å². The number of hydrogen-bond acceptors (Lipinski definition) is 2. The van der Waals surface area contributed by atoms with Crippen LogP contribution in [0.5, 0.6) is 5.75 Å². The predicted octanol–water partition coefficient (Wildman–Crippen LogP) is 5.24. The standard InChI is InChI=1S/C18H14F3NO/c1-11-6-7-12(23-2)10-15(11)13-8-9-22-17-14(13)4-3-5-16(17)18(19,20)21/h3-10H,1-2H3. The summed E-state index contributed by atoms with van der Waals surface area (Å²) in [6.45, 7) is 1.91. The van der Waals surface area contributed by atoms with Gasteiger partial charge in [-0.25, -0.2) is 0 Å². The van der Waals surface area contributed by atoms with E-state index in [9.17, 15) is 13.2 Å². The number of rotatable bonds is 2. The van der Waals surface area contributed by atoms with Crippen molar-refractivity contribution in [3.8, 4) is 16.9 Å². The fraction of sp³-hybridized carbons (Fsp3) is 0.167. The molecule has 0 aliphatic heterocycles. The lowest BCUT2D eigenvalue weighted by atomic mass is 9.96. The molecule has 2 nitrogen and oxygen atoms in total. The van der Waals surface area contributed by atoms with Gasteiger partial charge in [-0.3, -0.25) is 4.98 Å². The van der Waals surface area contributed by atoms with Gasteiger partial charge in [0.05, 0.1) is 18.2 Å². The van der Waals surface area contributed by atoms with Gasteiger partial charge in [-0.05, 0) is 47.9 Å². The van der Waals surface area contributed by atoms with E-state index in [4.69, 9.17) is 4.74 Å². The van der Waals surface area contributed by atoms with Crippen molar-refractivity contribution in [1.29, 1.82) is 0 Å². The van der Waals surface area contributed by atoms with Crippen LogP contribution in [-0.2, 0) is 6.18 Å². The van der Waals surface area contributed by atoms with Crippen molar-refractivity contribution in [2.24, 2.45) is 0 Å². The van der Waals surface area contributed by atoms with Crippen LogP contribution in [0, 0.1) is 6.92 Å². The minimum Gasteiger partial charge on any atom is -0.497 e. The van der Waals surface area contributed by atoms with Gasteiger partial charge < -0.3 is 4.74 Å². The molecule has 1 aromatic heterocycles. The van der Waals surface area contributed by atoms with Gasteiger partial charge >= 0.3 is 6.18 Å². The average Bonchev–Trinajstić information content (AvgIpc) is 2.53. The van der Waals surface area contributed by atoms with E-state index in [1.165, 1.54) is 12.3 Å². The molecule has 2 aromatic carbocycles. The Kier molecular flexibility index (Phi) is 3.72. The summed E-state index contributed by atoms with van der Waals surface area (Å²) in [7, 11) is 1.56. The molecule has 0 saturated heterocycles. The van der Waals surface area contributed by atoms with E-state index < -0.39 is 11.7 Å². The number of aromatic nitrogens is 1. The summed E-state index contributed by atoms with van der Waals surface area (Å²) in [4.78, 5) is 3.95. The zero-order chi connectivity index (χ0) is 16.6. The second-order valence-corrected chi connectivity index (χ2v) is 5.24. The summed E-state index contributed by atoms with van der Waals surface area (Å²) < 4.78 is 44.8. The molecule has 0 amide bonds. The number of methoxy groups -OCH3 is 1. The highest BCUT2D eigenvalue weighted by molar-refractivity contribution is 5.97. The second kappa shape index (κ2) is 5.57. The monoisotopic (exact) mass is 317 g/mol. The minimum absolute atomic E-state index is 0.0419. The average molecular weight is 317 g/mol. The van der Waals surface area contributed by atoms with Crippen LogP contribution in [0.25, 0.3) is 22.0 Å². The van der Waals surface area contributed by atoms with Crippen molar-refractivity contribution in [3.05, 3.63) is 59.8 Å². The number of pyridine rings is 1. The highest BCUT2D eigenvalue weighted by Crippen LogP contribution is 2.38. The Hall–Kier alpha value is -2.56. The maximum atomic E-state index is 13.2. The molecule has 0 aliphatic carbocycles. The molecule has 0 atom stereocenters. The molecule has 0 aliphatic rings. The molecule has 1 heterocycles. The topological polar surface area (TPSA) is 22.1 Å². The van der Waals surface area contributed by atoms with E-state index in [-0.39, 0.29) is 5.52 Å². The third kappa shape index (κ3) is 2.74. The van der Waals surface area contributed by atoms with Gasteiger partial charge in [-0.1, -0.05) is 18.2 Å². The van der Waals surface area contributed by atoms with Gasteiger partial charge in [0.1, 0.15) is 5.75 Å². The number of ether oxygens (including phenoxy) is 1. The predicted molar refractivity (Wildman–Crippen MR) is 83.5 cm³/mol. The van der Waals surface area contributed by atoms with E-state index >= 15 is 0 Å².